The first-order valence-corrected chi connectivity index (χ1v) is 6.53. The standard InChI is InChI=1S/C17H12N2O2/c1-10-3-6-13-14(7-10)17(21)19(16(13)20)15-8-12(9-18)5-4-11(15)2/h3-8H,1-2H3. The Hall–Kier alpha value is -2.93. The van der Waals surface area contributed by atoms with E-state index in [-0.39, 0.29) is 11.8 Å². The molecule has 0 saturated carbocycles. The van der Waals surface area contributed by atoms with E-state index < -0.39 is 0 Å². The molecule has 3 rings (SSSR count). The van der Waals surface area contributed by atoms with Gasteiger partial charge in [-0.15, -0.1) is 0 Å². The van der Waals surface area contributed by atoms with Gasteiger partial charge in [-0.05, 0) is 43.7 Å². The number of nitrogens with zero attached hydrogens (tertiary/aromatic N) is 2. The minimum Gasteiger partial charge on any atom is -0.268 e. The molecule has 0 atom stereocenters. The SMILES string of the molecule is Cc1ccc2c(c1)C(=O)N(c1cc(C#N)ccc1C)C2=O. The molecule has 2 amide bonds. The molecule has 0 fully saturated rings. The van der Waals surface area contributed by atoms with Gasteiger partial charge in [0.2, 0.25) is 0 Å². The molecule has 0 radical (unpaired) electrons. The van der Waals surface area contributed by atoms with Crippen LogP contribution < -0.4 is 4.90 Å². The van der Waals surface area contributed by atoms with E-state index in [0.717, 1.165) is 16.0 Å². The van der Waals surface area contributed by atoms with Crippen LogP contribution in [-0.2, 0) is 0 Å². The maximum atomic E-state index is 12.5. The van der Waals surface area contributed by atoms with Gasteiger partial charge in [-0.3, -0.25) is 9.59 Å². The fourth-order valence-electron chi connectivity index (χ4n) is 2.49. The van der Waals surface area contributed by atoms with Gasteiger partial charge in [0.1, 0.15) is 0 Å². The first kappa shape index (κ1) is 13.1. The Morgan fingerprint density at radius 3 is 2.38 bits per heavy atom. The molecular formula is C17H12N2O2. The Morgan fingerprint density at radius 2 is 1.67 bits per heavy atom. The van der Waals surface area contributed by atoms with Crippen molar-refractivity contribution in [2.24, 2.45) is 0 Å². The second-order valence-electron chi connectivity index (χ2n) is 5.11. The number of benzene rings is 2. The summed E-state index contributed by atoms with van der Waals surface area (Å²) in [4.78, 5) is 26.2. The van der Waals surface area contributed by atoms with Gasteiger partial charge in [0.25, 0.3) is 11.8 Å². The van der Waals surface area contributed by atoms with Crippen molar-refractivity contribution in [1.82, 2.24) is 0 Å². The molecule has 0 aliphatic carbocycles. The quantitative estimate of drug-likeness (QED) is 0.752. The monoisotopic (exact) mass is 276 g/mol. The van der Waals surface area contributed by atoms with Crippen LogP contribution in [0.25, 0.3) is 0 Å². The summed E-state index contributed by atoms with van der Waals surface area (Å²) in [6.45, 7) is 3.69. The van der Waals surface area contributed by atoms with E-state index >= 15 is 0 Å². The van der Waals surface area contributed by atoms with Crippen LogP contribution in [0.1, 0.15) is 37.4 Å². The summed E-state index contributed by atoms with van der Waals surface area (Å²) in [6, 6.07) is 12.2. The van der Waals surface area contributed by atoms with E-state index in [2.05, 4.69) is 0 Å². The molecule has 1 aliphatic rings. The van der Waals surface area contributed by atoms with Gasteiger partial charge in [-0.1, -0.05) is 17.7 Å². The van der Waals surface area contributed by atoms with Gasteiger partial charge in [0.15, 0.2) is 0 Å². The van der Waals surface area contributed by atoms with Crippen LogP contribution in [0.15, 0.2) is 36.4 Å². The molecule has 0 bridgehead atoms. The number of carbonyl (C=O) groups excluding carboxylic acids is 2. The first-order valence-electron chi connectivity index (χ1n) is 6.53. The number of anilines is 1. The van der Waals surface area contributed by atoms with Crippen LogP contribution in [0.2, 0.25) is 0 Å². The second kappa shape index (κ2) is 4.57. The lowest BCUT2D eigenvalue weighted by Crippen LogP contribution is -2.30. The Kier molecular flexibility index (Phi) is 2.84. The number of carbonyl (C=O) groups is 2. The zero-order valence-corrected chi connectivity index (χ0v) is 11.7. The number of fused-ring (bicyclic) bond motifs is 1. The van der Waals surface area contributed by atoms with Gasteiger partial charge >= 0.3 is 0 Å². The number of imide groups is 1. The number of nitriles is 1. The van der Waals surface area contributed by atoms with Crippen LogP contribution in [0.4, 0.5) is 5.69 Å². The van der Waals surface area contributed by atoms with Gasteiger partial charge in [0, 0.05) is 0 Å². The summed E-state index contributed by atoms with van der Waals surface area (Å²) in [7, 11) is 0. The van der Waals surface area contributed by atoms with E-state index in [0.29, 0.717) is 22.4 Å². The van der Waals surface area contributed by atoms with E-state index in [1.54, 1.807) is 30.3 Å². The zero-order valence-electron chi connectivity index (χ0n) is 11.7. The molecule has 1 heterocycles. The lowest BCUT2D eigenvalue weighted by atomic mass is 10.1. The minimum absolute atomic E-state index is 0.336. The third-order valence-electron chi connectivity index (χ3n) is 3.62. The highest BCUT2D eigenvalue weighted by Crippen LogP contribution is 2.31. The highest BCUT2D eigenvalue weighted by molar-refractivity contribution is 6.34. The largest absolute Gasteiger partial charge is 0.268 e. The second-order valence-corrected chi connectivity index (χ2v) is 5.11. The van der Waals surface area contributed by atoms with E-state index in [9.17, 15) is 9.59 Å². The molecule has 21 heavy (non-hydrogen) atoms. The van der Waals surface area contributed by atoms with Crippen molar-refractivity contribution in [2.75, 3.05) is 4.90 Å². The van der Waals surface area contributed by atoms with Crippen LogP contribution in [-0.4, -0.2) is 11.8 Å². The molecule has 0 aromatic heterocycles. The van der Waals surface area contributed by atoms with Gasteiger partial charge in [0.05, 0.1) is 28.4 Å². The van der Waals surface area contributed by atoms with E-state index in [1.807, 2.05) is 26.0 Å². The van der Waals surface area contributed by atoms with Crippen molar-refractivity contribution in [3.05, 3.63) is 64.2 Å². The highest BCUT2D eigenvalue weighted by Gasteiger charge is 2.37. The summed E-state index contributed by atoms with van der Waals surface area (Å²) in [5, 5.41) is 9.00. The lowest BCUT2D eigenvalue weighted by molar-refractivity contribution is 0.0926. The third kappa shape index (κ3) is 1.91. The first-order chi connectivity index (χ1) is 10.0. The molecule has 4 heteroatoms. The number of aryl methyl sites for hydroxylation is 2. The summed E-state index contributed by atoms with van der Waals surface area (Å²) in [6.07, 6.45) is 0. The Labute approximate surface area is 122 Å². The number of rotatable bonds is 1. The Morgan fingerprint density at radius 1 is 0.952 bits per heavy atom. The molecule has 102 valence electrons. The fraction of sp³-hybridized carbons (Fsp3) is 0.118. The number of hydrogen-bond donors (Lipinski definition) is 0. The molecule has 4 nitrogen and oxygen atoms in total. The van der Waals surface area contributed by atoms with Gasteiger partial charge in [-0.2, -0.15) is 5.26 Å². The minimum atomic E-state index is -0.340. The predicted molar refractivity (Wildman–Crippen MR) is 78.2 cm³/mol. The normalized spacial score (nSPS) is 13.3. The molecule has 0 spiro atoms. The zero-order chi connectivity index (χ0) is 15.1. The molecular weight excluding hydrogens is 264 g/mol. The summed E-state index contributed by atoms with van der Waals surface area (Å²) in [5.41, 5.74) is 3.43. The fourth-order valence-corrected chi connectivity index (χ4v) is 2.49. The highest BCUT2D eigenvalue weighted by atomic mass is 16.2. The van der Waals surface area contributed by atoms with Crippen molar-refractivity contribution in [2.45, 2.75) is 13.8 Å². The van der Waals surface area contributed by atoms with Crippen LogP contribution >= 0.6 is 0 Å². The Balaban J connectivity index is 2.17. The van der Waals surface area contributed by atoms with Crippen LogP contribution in [0, 0.1) is 25.2 Å². The average Bonchev–Trinajstić information content (AvgIpc) is 2.71. The molecule has 2 aromatic carbocycles. The number of amides is 2. The van der Waals surface area contributed by atoms with Crippen molar-refractivity contribution in [1.29, 1.82) is 5.26 Å². The van der Waals surface area contributed by atoms with Crippen LogP contribution in [0.3, 0.4) is 0 Å². The smallest absolute Gasteiger partial charge is 0.266 e. The summed E-state index contributed by atoms with van der Waals surface area (Å²) < 4.78 is 0. The van der Waals surface area contributed by atoms with Gasteiger partial charge < -0.3 is 0 Å². The van der Waals surface area contributed by atoms with Crippen LogP contribution in [0.5, 0.6) is 0 Å². The molecule has 1 aliphatic heterocycles. The van der Waals surface area contributed by atoms with E-state index in [4.69, 9.17) is 5.26 Å². The van der Waals surface area contributed by atoms with Crippen molar-refractivity contribution >= 4 is 17.5 Å². The summed E-state index contributed by atoms with van der Waals surface area (Å²) in [5.74, 6) is -0.676. The summed E-state index contributed by atoms with van der Waals surface area (Å²) >= 11 is 0. The van der Waals surface area contributed by atoms with Crippen molar-refractivity contribution in [3.8, 4) is 6.07 Å². The third-order valence-corrected chi connectivity index (χ3v) is 3.62. The Bertz CT molecular complexity index is 831. The van der Waals surface area contributed by atoms with Crippen molar-refractivity contribution < 1.29 is 9.59 Å². The molecule has 0 saturated heterocycles. The topological polar surface area (TPSA) is 61.2 Å². The van der Waals surface area contributed by atoms with E-state index in [1.165, 1.54) is 0 Å². The molecule has 0 unspecified atom stereocenters. The maximum absolute atomic E-state index is 12.5. The van der Waals surface area contributed by atoms with Crippen molar-refractivity contribution in [3.63, 3.8) is 0 Å². The number of hydrogen-bond acceptors (Lipinski definition) is 3. The molecule has 0 N–H and O–H groups in total. The average molecular weight is 276 g/mol. The lowest BCUT2D eigenvalue weighted by Gasteiger charge is -2.16. The molecule has 2 aromatic rings. The van der Waals surface area contributed by atoms with Gasteiger partial charge in [-0.25, -0.2) is 4.90 Å². The maximum Gasteiger partial charge on any atom is 0.266 e. The predicted octanol–water partition coefficient (Wildman–Crippen LogP) is 2.98.